The third-order valence-corrected chi connectivity index (χ3v) is 4.05. The van der Waals surface area contributed by atoms with Crippen LogP contribution in [0.2, 0.25) is 0 Å². The third kappa shape index (κ3) is 4.52. The average Bonchev–Trinajstić information content (AvgIpc) is 3.09. The molecule has 1 aliphatic heterocycles. The molecule has 1 aromatic carbocycles. The Balaban J connectivity index is 1.66. The first-order valence-electron chi connectivity index (χ1n) is 8.12. The standard InChI is InChI=1S/C16H19FN6O2S/c1-11(24)19-16(26)18-9-12-10-23(21-20-12)13-2-3-15(14(17)8-13)22-4-6-25-7-5-22/h2-3,8,10H,4-7,9H2,1H3,(H2,18,19,24,26). The highest BCUT2D eigenvalue weighted by Gasteiger charge is 2.16. The van der Waals surface area contributed by atoms with Crippen molar-refractivity contribution in [2.24, 2.45) is 0 Å². The minimum absolute atomic E-state index is 0.216. The van der Waals surface area contributed by atoms with Gasteiger partial charge in [-0.25, -0.2) is 9.07 Å². The van der Waals surface area contributed by atoms with Crippen molar-refractivity contribution >= 4 is 28.9 Å². The number of ether oxygens (including phenoxy) is 1. The number of carbonyl (C=O) groups excluding carboxylic acids is 1. The smallest absolute Gasteiger partial charge is 0.222 e. The molecule has 0 spiro atoms. The van der Waals surface area contributed by atoms with Crippen molar-refractivity contribution in [3.8, 4) is 5.69 Å². The maximum Gasteiger partial charge on any atom is 0.222 e. The van der Waals surface area contributed by atoms with E-state index in [1.54, 1.807) is 18.3 Å². The summed E-state index contributed by atoms with van der Waals surface area (Å²) in [7, 11) is 0. The largest absolute Gasteiger partial charge is 0.378 e. The summed E-state index contributed by atoms with van der Waals surface area (Å²) in [5.41, 5.74) is 1.73. The highest BCUT2D eigenvalue weighted by Crippen LogP contribution is 2.23. The molecule has 2 N–H and O–H groups in total. The zero-order valence-corrected chi connectivity index (χ0v) is 15.1. The van der Waals surface area contributed by atoms with Crippen LogP contribution in [-0.2, 0) is 16.1 Å². The molecule has 138 valence electrons. The highest BCUT2D eigenvalue weighted by atomic mass is 32.1. The molecule has 2 heterocycles. The normalized spacial score (nSPS) is 14.2. The first-order valence-corrected chi connectivity index (χ1v) is 8.53. The van der Waals surface area contributed by atoms with Crippen LogP contribution in [0, 0.1) is 5.82 Å². The van der Waals surface area contributed by atoms with Crippen LogP contribution in [0.3, 0.4) is 0 Å². The van der Waals surface area contributed by atoms with Crippen molar-refractivity contribution in [2.45, 2.75) is 13.5 Å². The van der Waals surface area contributed by atoms with Crippen molar-refractivity contribution in [3.05, 3.63) is 35.9 Å². The lowest BCUT2D eigenvalue weighted by Gasteiger charge is -2.29. The summed E-state index contributed by atoms with van der Waals surface area (Å²) in [5.74, 6) is -0.562. The Morgan fingerprint density at radius 2 is 2.15 bits per heavy atom. The van der Waals surface area contributed by atoms with Crippen LogP contribution in [0.25, 0.3) is 5.69 Å². The van der Waals surface area contributed by atoms with E-state index in [0.717, 1.165) is 0 Å². The molecule has 1 saturated heterocycles. The molecule has 1 aromatic heterocycles. The van der Waals surface area contributed by atoms with E-state index < -0.39 is 0 Å². The van der Waals surface area contributed by atoms with Gasteiger partial charge in [0.25, 0.3) is 0 Å². The highest BCUT2D eigenvalue weighted by molar-refractivity contribution is 7.80. The molecule has 0 atom stereocenters. The zero-order chi connectivity index (χ0) is 18.5. The predicted octanol–water partition coefficient (Wildman–Crippen LogP) is 0.754. The lowest BCUT2D eigenvalue weighted by Crippen LogP contribution is -2.37. The monoisotopic (exact) mass is 378 g/mol. The Kier molecular flexibility index (Phi) is 5.74. The third-order valence-electron chi connectivity index (χ3n) is 3.81. The quantitative estimate of drug-likeness (QED) is 0.760. The minimum atomic E-state index is -0.314. The van der Waals surface area contributed by atoms with E-state index in [4.69, 9.17) is 17.0 Å². The van der Waals surface area contributed by atoms with Gasteiger partial charge < -0.3 is 20.3 Å². The molecule has 0 bridgehead atoms. The molecule has 3 rings (SSSR count). The summed E-state index contributed by atoms with van der Waals surface area (Å²) in [6.07, 6.45) is 1.67. The Bertz CT molecular complexity index is 806. The number of morpholine rings is 1. The molecule has 1 fully saturated rings. The second-order valence-corrected chi connectivity index (χ2v) is 6.16. The Morgan fingerprint density at radius 3 is 2.85 bits per heavy atom. The number of rotatable bonds is 4. The van der Waals surface area contributed by atoms with Crippen LogP contribution in [-0.4, -0.2) is 52.3 Å². The Hall–Kier alpha value is -2.59. The van der Waals surface area contributed by atoms with Crippen LogP contribution >= 0.6 is 12.2 Å². The maximum atomic E-state index is 14.5. The van der Waals surface area contributed by atoms with Crippen molar-refractivity contribution in [2.75, 3.05) is 31.2 Å². The number of nitrogens with one attached hydrogen (secondary N) is 2. The first-order chi connectivity index (χ1) is 12.5. The van der Waals surface area contributed by atoms with E-state index in [1.165, 1.54) is 17.7 Å². The summed E-state index contributed by atoms with van der Waals surface area (Å²) in [6, 6.07) is 4.96. The number of nitrogens with zero attached hydrogens (tertiary/aromatic N) is 4. The number of amides is 1. The summed E-state index contributed by atoms with van der Waals surface area (Å²) < 4.78 is 21.3. The van der Waals surface area contributed by atoms with Gasteiger partial charge in [-0.2, -0.15) is 0 Å². The molecule has 8 nitrogen and oxygen atoms in total. The first kappa shape index (κ1) is 18.2. The van der Waals surface area contributed by atoms with Gasteiger partial charge in [0.1, 0.15) is 11.5 Å². The van der Waals surface area contributed by atoms with E-state index in [0.29, 0.717) is 49.9 Å². The van der Waals surface area contributed by atoms with Crippen molar-refractivity contribution < 1.29 is 13.9 Å². The van der Waals surface area contributed by atoms with Crippen molar-refractivity contribution in [1.82, 2.24) is 25.6 Å². The second kappa shape index (κ2) is 8.19. The van der Waals surface area contributed by atoms with Crippen LogP contribution < -0.4 is 15.5 Å². The van der Waals surface area contributed by atoms with Gasteiger partial charge in [0, 0.05) is 26.1 Å². The Morgan fingerprint density at radius 1 is 1.38 bits per heavy atom. The van der Waals surface area contributed by atoms with Crippen molar-refractivity contribution in [1.29, 1.82) is 0 Å². The van der Waals surface area contributed by atoms with Crippen LogP contribution in [0.4, 0.5) is 10.1 Å². The van der Waals surface area contributed by atoms with Gasteiger partial charge >= 0.3 is 0 Å². The molecule has 10 heteroatoms. The van der Waals surface area contributed by atoms with Gasteiger partial charge in [-0.1, -0.05) is 5.21 Å². The van der Waals surface area contributed by atoms with E-state index >= 15 is 0 Å². The molecule has 0 saturated carbocycles. The van der Waals surface area contributed by atoms with Crippen LogP contribution in [0.15, 0.2) is 24.4 Å². The molecule has 0 unspecified atom stereocenters. The number of anilines is 1. The van der Waals surface area contributed by atoms with Gasteiger partial charge in [-0.05, 0) is 24.4 Å². The number of aromatic nitrogens is 3. The molecule has 0 radical (unpaired) electrons. The van der Waals surface area contributed by atoms with E-state index in [1.807, 2.05) is 4.90 Å². The molecule has 1 amide bonds. The van der Waals surface area contributed by atoms with E-state index in [2.05, 4.69) is 20.9 Å². The molecule has 26 heavy (non-hydrogen) atoms. The van der Waals surface area contributed by atoms with Gasteiger partial charge in [-0.3, -0.25) is 4.79 Å². The summed E-state index contributed by atoms with van der Waals surface area (Å²) in [4.78, 5) is 12.9. The zero-order valence-electron chi connectivity index (χ0n) is 14.2. The van der Waals surface area contributed by atoms with Gasteiger partial charge in [0.2, 0.25) is 5.91 Å². The SMILES string of the molecule is CC(=O)NC(=S)NCc1cn(-c2ccc(N3CCOCC3)c(F)c2)nn1. The van der Waals surface area contributed by atoms with Gasteiger partial charge in [0.15, 0.2) is 5.11 Å². The number of thiocarbonyl (C=S) groups is 1. The fraction of sp³-hybridized carbons (Fsp3) is 0.375. The number of hydrogen-bond donors (Lipinski definition) is 2. The number of carbonyl (C=O) groups is 1. The molecule has 2 aromatic rings. The fourth-order valence-corrected chi connectivity index (χ4v) is 2.80. The van der Waals surface area contributed by atoms with E-state index in [9.17, 15) is 9.18 Å². The lowest BCUT2D eigenvalue weighted by molar-refractivity contribution is -0.117. The van der Waals surface area contributed by atoms with Gasteiger partial charge in [0.05, 0.1) is 37.3 Å². The van der Waals surface area contributed by atoms with Crippen molar-refractivity contribution in [3.63, 3.8) is 0 Å². The van der Waals surface area contributed by atoms with Gasteiger partial charge in [-0.15, -0.1) is 5.10 Å². The lowest BCUT2D eigenvalue weighted by atomic mass is 10.2. The molecular formula is C16H19FN6O2S. The van der Waals surface area contributed by atoms with E-state index in [-0.39, 0.29) is 16.8 Å². The minimum Gasteiger partial charge on any atom is -0.378 e. The second-order valence-electron chi connectivity index (χ2n) is 5.75. The summed E-state index contributed by atoms with van der Waals surface area (Å²) >= 11 is 4.96. The number of hydrogen-bond acceptors (Lipinski definition) is 6. The fourth-order valence-electron chi connectivity index (χ4n) is 2.58. The summed E-state index contributed by atoms with van der Waals surface area (Å²) in [5, 5.41) is 13.5. The maximum absolute atomic E-state index is 14.5. The molecule has 0 aliphatic carbocycles. The summed E-state index contributed by atoms with van der Waals surface area (Å²) in [6.45, 7) is 4.21. The number of halogens is 1. The molecule has 1 aliphatic rings. The molecular weight excluding hydrogens is 359 g/mol. The predicted molar refractivity (Wildman–Crippen MR) is 97.6 cm³/mol. The topological polar surface area (TPSA) is 84.3 Å². The Labute approximate surface area is 155 Å². The number of benzene rings is 1. The average molecular weight is 378 g/mol. The van der Waals surface area contributed by atoms with Crippen LogP contribution in [0.5, 0.6) is 0 Å². The van der Waals surface area contributed by atoms with Crippen LogP contribution in [0.1, 0.15) is 12.6 Å².